The molecule has 1 aromatic carbocycles. The van der Waals surface area contributed by atoms with E-state index in [1.165, 1.54) is 18.3 Å². The van der Waals surface area contributed by atoms with Crippen molar-refractivity contribution in [2.45, 2.75) is 6.42 Å². The summed E-state index contributed by atoms with van der Waals surface area (Å²) in [6.45, 7) is 0.408. The van der Waals surface area contributed by atoms with E-state index in [1.54, 1.807) is 18.2 Å². The first kappa shape index (κ1) is 14.1. The lowest BCUT2D eigenvalue weighted by Gasteiger charge is -2.06. The smallest absolute Gasteiger partial charge is 0.252 e. The van der Waals surface area contributed by atoms with Crippen molar-refractivity contribution in [3.63, 3.8) is 0 Å². The molecule has 2 aromatic rings. The maximum absolute atomic E-state index is 11.8. The average molecular weight is 293 g/mol. The number of hydrogen-bond acceptors (Lipinski definition) is 4. The topological polar surface area (TPSA) is 82.5 Å². The Balaban J connectivity index is 1.87. The summed E-state index contributed by atoms with van der Waals surface area (Å²) in [4.78, 5) is 15.6. The molecule has 0 aliphatic heterocycles. The molecule has 0 saturated carbocycles. The molecule has 1 aromatic heterocycles. The van der Waals surface area contributed by atoms with E-state index in [2.05, 4.69) is 10.3 Å². The Bertz CT molecular complexity index is 614. The SMILES string of the molecule is O=C(NCCc1ccc(O)c(O)c1)c1ccc(Cl)nc1. The molecule has 1 heterocycles. The van der Waals surface area contributed by atoms with Crippen LogP contribution in [-0.4, -0.2) is 27.6 Å². The molecule has 0 atom stereocenters. The summed E-state index contributed by atoms with van der Waals surface area (Å²) < 4.78 is 0. The normalized spacial score (nSPS) is 10.2. The van der Waals surface area contributed by atoms with Gasteiger partial charge in [-0.15, -0.1) is 0 Å². The van der Waals surface area contributed by atoms with E-state index in [-0.39, 0.29) is 17.4 Å². The van der Waals surface area contributed by atoms with Crippen LogP contribution in [0.15, 0.2) is 36.5 Å². The molecule has 104 valence electrons. The number of phenolic OH excluding ortho intramolecular Hbond substituents is 2. The highest BCUT2D eigenvalue weighted by molar-refractivity contribution is 6.29. The van der Waals surface area contributed by atoms with Crippen LogP contribution in [0.25, 0.3) is 0 Å². The van der Waals surface area contributed by atoms with Crippen LogP contribution in [0.4, 0.5) is 0 Å². The molecule has 3 N–H and O–H groups in total. The van der Waals surface area contributed by atoms with Crippen molar-refractivity contribution >= 4 is 17.5 Å². The van der Waals surface area contributed by atoms with E-state index in [9.17, 15) is 15.0 Å². The number of aromatic nitrogens is 1. The Morgan fingerprint density at radius 1 is 1.20 bits per heavy atom. The van der Waals surface area contributed by atoms with E-state index in [1.807, 2.05) is 0 Å². The zero-order chi connectivity index (χ0) is 14.5. The first-order valence-electron chi connectivity index (χ1n) is 5.97. The minimum absolute atomic E-state index is 0.162. The van der Waals surface area contributed by atoms with Gasteiger partial charge in [0.2, 0.25) is 0 Å². The molecule has 20 heavy (non-hydrogen) atoms. The summed E-state index contributed by atoms with van der Waals surface area (Å²) in [7, 11) is 0. The molecular formula is C14H13ClN2O3. The van der Waals surface area contributed by atoms with Gasteiger partial charge in [-0.3, -0.25) is 4.79 Å². The first-order chi connectivity index (χ1) is 9.56. The number of nitrogens with one attached hydrogen (secondary N) is 1. The third-order valence-corrected chi connectivity index (χ3v) is 2.95. The lowest BCUT2D eigenvalue weighted by Crippen LogP contribution is -2.25. The predicted octanol–water partition coefficient (Wildman–Crippen LogP) is 2.12. The molecule has 0 spiro atoms. The Kier molecular flexibility index (Phi) is 4.42. The lowest BCUT2D eigenvalue weighted by atomic mass is 10.1. The Hall–Kier alpha value is -2.27. The maximum atomic E-state index is 11.8. The van der Waals surface area contributed by atoms with Gasteiger partial charge in [0.25, 0.3) is 5.91 Å². The Labute approximate surface area is 120 Å². The van der Waals surface area contributed by atoms with Crippen LogP contribution in [0, 0.1) is 0 Å². The zero-order valence-electron chi connectivity index (χ0n) is 10.5. The second-order valence-electron chi connectivity index (χ2n) is 4.20. The number of amides is 1. The van der Waals surface area contributed by atoms with Gasteiger partial charge in [0, 0.05) is 12.7 Å². The number of benzene rings is 1. The third kappa shape index (κ3) is 3.61. The highest BCUT2D eigenvalue weighted by Gasteiger charge is 2.06. The highest BCUT2D eigenvalue weighted by atomic mass is 35.5. The number of carbonyl (C=O) groups is 1. The molecule has 0 radical (unpaired) electrons. The minimum Gasteiger partial charge on any atom is -0.504 e. The van der Waals surface area contributed by atoms with Gasteiger partial charge in [0.05, 0.1) is 5.56 Å². The second-order valence-corrected chi connectivity index (χ2v) is 4.59. The van der Waals surface area contributed by atoms with Crippen molar-refractivity contribution in [2.75, 3.05) is 6.54 Å². The fourth-order valence-corrected chi connectivity index (χ4v) is 1.77. The number of halogens is 1. The number of pyridine rings is 1. The van der Waals surface area contributed by atoms with Crippen LogP contribution in [-0.2, 0) is 6.42 Å². The van der Waals surface area contributed by atoms with Crippen molar-refractivity contribution in [3.8, 4) is 11.5 Å². The number of carbonyl (C=O) groups excluding carboxylic acids is 1. The van der Waals surface area contributed by atoms with Crippen molar-refractivity contribution in [3.05, 3.63) is 52.8 Å². The molecule has 0 saturated heterocycles. The van der Waals surface area contributed by atoms with E-state index in [0.717, 1.165) is 5.56 Å². The number of rotatable bonds is 4. The largest absolute Gasteiger partial charge is 0.504 e. The molecule has 6 heteroatoms. The van der Waals surface area contributed by atoms with E-state index in [0.29, 0.717) is 23.7 Å². The van der Waals surface area contributed by atoms with Crippen LogP contribution in [0.5, 0.6) is 11.5 Å². The van der Waals surface area contributed by atoms with Gasteiger partial charge in [-0.2, -0.15) is 0 Å². The highest BCUT2D eigenvalue weighted by Crippen LogP contribution is 2.24. The number of phenols is 2. The van der Waals surface area contributed by atoms with Gasteiger partial charge in [-0.25, -0.2) is 4.98 Å². The molecule has 0 aliphatic carbocycles. The molecule has 0 unspecified atom stereocenters. The number of hydrogen-bond donors (Lipinski definition) is 3. The standard InChI is InChI=1S/C14H13ClN2O3/c15-13-4-2-10(8-17-13)14(20)16-6-5-9-1-3-11(18)12(19)7-9/h1-4,7-8,18-19H,5-6H2,(H,16,20). The summed E-state index contributed by atoms with van der Waals surface area (Å²) in [5, 5.41) is 21.6. The van der Waals surface area contributed by atoms with Crippen molar-refractivity contribution in [1.29, 1.82) is 0 Å². The molecule has 0 fully saturated rings. The van der Waals surface area contributed by atoms with Gasteiger partial charge in [-0.05, 0) is 36.2 Å². The summed E-state index contributed by atoms with van der Waals surface area (Å²) in [6.07, 6.45) is 1.95. The quantitative estimate of drug-likeness (QED) is 0.595. The fraction of sp³-hybridized carbons (Fsp3) is 0.143. The fourth-order valence-electron chi connectivity index (χ4n) is 1.66. The predicted molar refractivity (Wildman–Crippen MR) is 75.1 cm³/mol. The molecule has 5 nitrogen and oxygen atoms in total. The van der Waals surface area contributed by atoms with E-state index in [4.69, 9.17) is 11.6 Å². The van der Waals surface area contributed by atoms with Crippen LogP contribution >= 0.6 is 11.6 Å². The van der Waals surface area contributed by atoms with Crippen LogP contribution in [0.3, 0.4) is 0 Å². The number of nitrogens with zero attached hydrogens (tertiary/aromatic N) is 1. The van der Waals surface area contributed by atoms with Gasteiger partial charge in [0.1, 0.15) is 5.15 Å². The van der Waals surface area contributed by atoms with Gasteiger partial charge < -0.3 is 15.5 Å². The van der Waals surface area contributed by atoms with Gasteiger partial charge in [-0.1, -0.05) is 17.7 Å². The third-order valence-electron chi connectivity index (χ3n) is 2.73. The summed E-state index contributed by atoms with van der Waals surface area (Å²) in [5.41, 5.74) is 1.25. The summed E-state index contributed by atoms with van der Waals surface area (Å²) in [6, 6.07) is 7.71. The first-order valence-corrected chi connectivity index (χ1v) is 6.34. The number of aromatic hydroxyl groups is 2. The summed E-state index contributed by atoms with van der Waals surface area (Å²) >= 11 is 5.64. The Morgan fingerprint density at radius 3 is 2.65 bits per heavy atom. The van der Waals surface area contributed by atoms with Crippen molar-refractivity contribution < 1.29 is 15.0 Å². The molecular weight excluding hydrogens is 280 g/mol. The molecule has 0 aliphatic rings. The van der Waals surface area contributed by atoms with Crippen LogP contribution in [0.1, 0.15) is 15.9 Å². The lowest BCUT2D eigenvalue weighted by molar-refractivity contribution is 0.0954. The molecule has 1 amide bonds. The molecule has 2 rings (SSSR count). The van der Waals surface area contributed by atoms with Gasteiger partial charge >= 0.3 is 0 Å². The molecule has 0 bridgehead atoms. The maximum Gasteiger partial charge on any atom is 0.252 e. The Morgan fingerprint density at radius 2 is 2.00 bits per heavy atom. The zero-order valence-corrected chi connectivity index (χ0v) is 11.3. The van der Waals surface area contributed by atoms with E-state index < -0.39 is 0 Å². The van der Waals surface area contributed by atoms with Crippen LogP contribution in [0.2, 0.25) is 5.15 Å². The monoisotopic (exact) mass is 292 g/mol. The van der Waals surface area contributed by atoms with Crippen molar-refractivity contribution in [2.24, 2.45) is 0 Å². The second kappa shape index (κ2) is 6.25. The van der Waals surface area contributed by atoms with E-state index >= 15 is 0 Å². The van der Waals surface area contributed by atoms with Gasteiger partial charge in [0.15, 0.2) is 11.5 Å². The average Bonchev–Trinajstić information content (AvgIpc) is 2.43. The van der Waals surface area contributed by atoms with Crippen molar-refractivity contribution in [1.82, 2.24) is 10.3 Å². The van der Waals surface area contributed by atoms with Crippen LogP contribution < -0.4 is 5.32 Å². The minimum atomic E-state index is -0.239. The summed E-state index contributed by atoms with van der Waals surface area (Å²) in [5.74, 6) is -0.571.